The molecule has 5 heteroatoms. The molecule has 2 rings (SSSR count). The van der Waals surface area contributed by atoms with Gasteiger partial charge in [-0.15, -0.1) is 0 Å². The van der Waals surface area contributed by atoms with Gasteiger partial charge < -0.3 is 0 Å². The minimum absolute atomic E-state index is 0.0220. The van der Waals surface area contributed by atoms with Gasteiger partial charge in [0, 0.05) is 23.8 Å². The fourth-order valence-electron chi connectivity index (χ4n) is 2.30. The van der Waals surface area contributed by atoms with Crippen molar-refractivity contribution in [1.29, 1.82) is 0 Å². The van der Waals surface area contributed by atoms with Crippen LogP contribution in [-0.2, 0) is 6.42 Å². The number of nitro benzene ring substituents is 1. The normalized spacial score (nSPS) is 13.9. The third-order valence-electron chi connectivity index (χ3n) is 3.29. The van der Waals surface area contributed by atoms with Gasteiger partial charge in [0.15, 0.2) is 0 Å². The molecular formula is C14H16N2O3. The highest BCUT2D eigenvalue weighted by Crippen LogP contribution is 2.27. The van der Waals surface area contributed by atoms with E-state index in [4.69, 9.17) is 0 Å². The Bertz CT molecular complexity index is 550. The lowest BCUT2D eigenvalue weighted by molar-refractivity contribution is -0.385. The van der Waals surface area contributed by atoms with Crippen LogP contribution in [0.4, 0.5) is 5.69 Å². The van der Waals surface area contributed by atoms with Crippen LogP contribution in [0, 0.1) is 10.1 Å². The molecule has 0 atom stereocenters. The van der Waals surface area contributed by atoms with Crippen molar-refractivity contribution in [3.63, 3.8) is 0 Å². The first-order chi connectivity index (χ1) is 9.13. The summed E-state index contributed by atoms with van der Waals surface area (Å²) in [5.41, 5.74) is 1.67. The molecule has 0 fully saturated rings. The summed E-state index contributed by atoms with van der Waals surface area (Å²) in [4.78, 5) is 26.5. The number of aliphatic imine (C=N–C) groups is 1. The average Bonchev–Trinajstić information content (AvgIpc) is 2.38. The monoisotopic (exact) mass is 260 g/mol. The number of rotatable bonds is 5. The molecule has 0 unspecified atom stereocenters. The molecule has 1 heterocycles. The highest BCUT2D eigenvalue weighted by molar-refractivity contribution is 6.09. The van der Waals surface area contributed by atoms with Crippen molar-refractivity contribution in [1.82, 2.24) is 0 Å². The SMILES string of the molecule is CCCCCC1=NC(=O)c2cccc([N+](=O)[O-])c2C1. The molecule has 1 aliphatic heterocycles. The van der Waals surface area contributed by atoms with Gasteiger partial charge in [0.25, 0.3) is 11.6 Å². The van der Waals surface area contributed by atoms with E-state index in [0.717, 1.165) is 31.4 Å². The van der Waals surface area contributed by atoms with Gasteiger partial charge in [-0.25, -0.2) is 4.99 Å². The van der Waals surface area contributed by atoms with Crippen LogP contribution in [0.15, 0.2) is 23.2 Å². The quantitative estimate of drug-likeness (QED) is 0.463. The summed E-state index contributed by atoms with van der Waals surface area (Å²) in [5.74, 6) is -0.351. The van der Waals surface area contributed by atoms with Crippen LogP contribution in [0.1, 0.15) is 48.5 Å². The topological polar surface area (TPSA) is 72.6 Å². The largest absolute Gasteiger partial charge is 0.277 e. The minimum Gasteiger partial charge on any atom is -0.267 e. The van der Waals surface area contributed by atoms with E-state index < -0.39 is 4.92 Å². The van der Waals surface area contributed by atoms with Gasteiger partial charge in [0.05, 0.1) is 10.5 Å². The van der Waals surface area contributed by atoms with Crippen molar-refractivity contribution in [2.75, 3.05) is 0 Å². The van der Waals surface area contributed by atoms with Crippen molar-refractivity contribution in [3.8, 4) is 0 Å². The molecule has 5 nitrogen and oxygen atoms in total. The number of benzene rings is 1. The summed E-state index contributed by atoms with van der Waals surface area (Å²) in [6.07, 6.45) is 4.31. The van der Waals surface area contributed by atoms with Crippen molar-refractivity contribution < 1.29 is 9.72 Å². The number of unbranched alkanes of at least 4 members (excludes halogenated alkanes) is 2. The third-order valence-corrected chi connectivity index (χ3v) is 3.29. The second-order valence-corrected chi connectivity index (χ2v) is 4.68. The molecule has 1 aromatic carbocycles. The molecule has 1 aromatic rings. The number of nitro groups is 1. The van der Waals surface area contributed by atoms with E-state index >= 15 is 0 Å². The Morgan fingerprint density at radius 3 is 2.84 bits per heavy atom. The lowest BCUT2D eigenvalue weighted by atomic mass is 9.94. The van der Waals surface area contributed by atoms with E-state index in [-0.39, 0.29) is 11.6 Å². The molecule has 0 saturated heterocycles. The third kappa shape index (κ3) is 2.86. The smallest absolute Gasteiger partial charge is 0.267 e. The van der Waals surface area contributed by atoms with Crippen LogP contribution in [0.25, 0.3) is 0 Å². The summed E-state index contributed by atoms with van der Waals surface area (Å²) in [6.45, 7) is 2.11. The number of carbonyl (C=O) groups is 1. The summed E-state index contributed by atoms with van der Waals surface area (Å²) in [7, 11) is 0. The maximum absolute atomic E-state index is 11.9. The van der Waals surface area contributed by atoms with Crippen LogP contribution in [-0.4, -0.2) is 16.5 Å². The highest BCUT2D eigenvalue weighted by atomic mass is 16.6. The van der Waals surface area contributed by atoms with Crippen LogP contribution in [0.3, 0.4) is 0 Å². The Hall–Kier alpha value is -2.04. The van der Waals surface area contributed by atoms with E-state index in [1.54, 1.807) is 6.07 Å². The van der Waals surface area contributed by atoms with Gasteiger partial charge in [0.2, 0.25) is 0 Å². The molecule has 0 aromatic heterocycles. The Balaban J connectivity index is 2.26. The van der Waals surface area contributed by atoms with E-state index in [1.165, 1.54) is 12.1 Å². The summed E-state index contributed by atoms with van der Waals surface area (Å²) >= 11 is 0. The Kier molecular flexibility index (Phi) is 4.04. The van der Waals surface area contributed by atoms with Gasteiger partial charge >= 0.3 is 0 Å². The number of nitrogens with zero attached hydrogens (tertiary/aromatic N) is 2. The van der Waals surface area contributed by atoms with Crippen molar-refractivity contribution in [3.05, 3.63) is 39.4 Å². The minimum atomic E-state index is -0.429. The molecule has 19 heavy (non-hydrogen) atoms. The van der Waals surface area contributed by atoms with E-state index in [2.05, 4.69) is 11.9 Å². The zero-order chi connectivity index (χ0) is 13.8. The van der Waals surface area contributed by atoms with Gasteiger partial charge in [-0.05, 0) is 18.9 Å². The predicted molar refractivity (Wildman–Crippen MR) is 72.7 cm³/mol. The van der Waals surface area contributed by atoms with Crippen LogP contribution >= 0.6 is 0 Å². The van der Waals surface area contributed by atoms with Crippen molar-refractivity contribution >= 4 is 17.3 Å². The number of amides is 1. The Morgan fingerprint density at radius 2 is 2.16 bits per heavy atom. The molecule has 0 N–H and O–H groups in total. The van der Waals surface area contributed by atoms with Gasteiger partial charge in [-0.3, -0.25) is 14.9 Å². The lowest BCUT2D eigenvalue weighted by Gasteiger charge is -2.14. The maximum Gasteiger partial charge on any atom is 0.277 e. The van der Waals surface area contributed by atoms with Gasteiger partial charge in [-0.2, -0.15) is 0 Å². The van der Waals surface area contributed by atoms with Crippen LogP contribution in [0.2, 0.25) is 0 Å². The lowest BCUT2D eigenvalue weighted by Crippen LogP contribution is -2.18. The summed E-state index contributed by atoms with van der Waals surface area (Å²) in [5, 5.41) is 11.0. The summed E-state index contributed by atoms with van der Waals surface area (Å²) < 4.78 is 0. The van der Waals surface area contributed by atoms with Crippen molar-refractivity contribution in [2.24, 2.45) is 4.99 Å². The second kappa shape index (κ2) is 5.73. The molecule has 1 aliphatic rings. The number of carbonyl (C=O) groups excluding carboxylic acids is 1. The summed E-state index contributed by atoms with van der Waals surface area (Å²) in [6, 6.07) is 4.59. The molecule has 1 amide bonds. The van der Waals surface area contributed by atoms with E-state index in [9.17, 15) is 14.9 Å². The van der Waals surface area contributed by atoms with E-state index in [1.807, 2.05) is 0 Å². The van der Waals surface area contributed by atoms with E-state index in [0.29, 0.717) is 17.5 Å². The van der Waals surface area contributed by atoms with Crippen LogP contribution < -0.4 is 0 Å². The molecule has 0 spiro atoms. The van der Waals surface area contributed by atoms with Crippen molar-refractivity contribution in [2.45, 2.75) is 39.0 Å². The van der Waals surface area contributed by atoms with Gasteiger partial charge in [-0.1, -0.05) is 25.8 Å². The molecule has 0 radical (unpaired) electrons. The molecule has 0 aliphatic carbocycles. The molecule has 0 saturated carbocycles. The number of hydrogen-bond donors (Lipinski definition) is 0. The fourth-order valence-corrected chi connectivity index (χ4v) is 2.30. The maximum atomic E-state index is 11.9. The number of hydrogen-bond acceptors (Lipinski definition) is 3. The molecule has 100 valence electrons. The average molecular weight is 260 g/mol. The molecule has 0 bridgehead atoms. The first-order valence-electron chi connectivity index (χ1n) is 6.50. The Morgan fingerprint density at radius 1 is 1.37 bits per heavy atom. The van der Waals surface area contributed by atoms with Gasteiger partial charge in [0.1, 0.15) is 0 Å². The fraction of sp³-hybridized carbons (Fsp3) is 0.429. The highest BCUT2D eigenvalue weighted by Gasteiger charge is 2.26. The first kappa shape index (κ1) is 13.4. The second-order valence-electron chi connectivity index (χ2n) is 4.68. The predicted octanol–water partition coefficient (Wildman–Crippen LogP) is 3.31. The zero-order valence-electron chi connectivity index (χ0n) is 10.9. The molecular weight excluding hydrogens is 244 g/mol. The number of fused-ring (bicyclic) bond motifs is 1. The zero-order valence-corrected chi connectivity index (χ0v) is 10.9. The standard InChI is InChI=1S/C14H16N2O3/c1-2-3-4-6-10-9-12-11(14(17)15-10)7-5-8-13(12)16(18)19/h5,7-8H,2-4,6,9H2,1H3. The van der Waals surface area contributed by atoms with Crippen LogP contribution in [0.5, 0.6) is 0 Å². The Labute approximate surface area is 111 Å². The first-order valence-corrected chi connectivity index (χ1v) is 6.50.